The molecule has 6 nitrogen and oxygen atoms in total. The lowest BCUT2D eigenvalue weighted by molar-refractivity contribution is 0.125. The fraction of sp³-hybridized carbons (Fsp3) is 0.111. The molecular weight excluding hydrogens is 306 g/mol. The first-order chi connectivity index (χ1) is 11.8. The van der Waals surface area contributed by atoms with Gasteiger partial charge in [-0.2, -0.15) is 0 Å². The Balaban J connectivity index is 1.65. The molecule has 2 N–H and O–H groups in total. The standard InChI is InChI=1S/C18H17N3O3/c1-22-16-10-6-5-9-15(16)18(19)21-23-12-14-11-17(24-20-14)13-7-3-2-4-8-13/h2-11H,12H2,1H3,(H2,19,21). The van der Waals surface area contributed by atoms with Gasteiger partial charge in [0.2, 0.25) is 0 Å². The highest BCUT2D eigenvalue weighted by Gasteiger charge is 2.08. The lowest BCUT2D eigenvalue weighted by Crippen LogP contribution is -2.15. The molecule has 24 heavy (non-hydrogen) atoms. The van der Waals surface area contributed by atoms with E-state index in [0.717, 1.165) is 5.56 Å². The predicted octanol–water partition coefficient (Wildman–Crippen LogP) is 3.19. The monoisotopic (exact) mass is 323 g/mol. The number of ether oxygens (including phenoxy) is 1. The zero-order valence-electron chi connectivity index (χ0n) is 13.2. The number of methoxy groups -OCH3 is 1. The maximum Gasteiger partial charge on any atom is 0.174 e. The molecular formula is C18H17N3O3. The van der Waals surface area contributed by atoms with Crippen molar-refractivity contribution in [2.45, 2.75) is 6.61 Å². The maximum atomic E-state index is 5.93. The van der Waals surface area contributed by atoms with Crippen LogP contribution in [0.4, 0.5) is 0 Å². The second-order valence-corrected chi connectivity index (χ2v) is 5.00. The number of amidine groups is 1. The minimum Gasteiger partial charge on any atom is -0.496 e. The van der Waals surface area contributed by atoms with E-state index in [-0.39, 0.29) is 12.4 Å². The highest BCUT2D eigenvalue weighted by atomic mass is 16.6. The van der Waals surface area contributed by atoms with Crippen molar-refractivity contribution >= 4 is 5.84 Å². The molecule has 0 unspecified atom stereocenters. The largest absolute Gasteiger partial charge is 0.496 e. The van der Waals surface area contributed by atoms with Crippen molar-refractivity contribution in [1.29, 1.82) is 0 Å². The van der Waals surface area contributed by atoms with E-state index >= 15 is 0 Å². The zero-order valence-corrected chi connectivity index (χ0v) is 13.2. The molecule has 6 heteroatoms. The molecule has 3 aromatic rings. The molecule has 0 aliphatic rings. The summed E-state index contributed by atoms with van der Waals surface area (Å²) in [4.78, 5) is 5.27. The average Bonchev–Trinajstić information content (AvgIpc) is 3.11. The molecule has 0 amide bonds. The number of aromatic nitrogens is 1. The lowest BCUT2D eigenvalue weighted by atomic mass is 10.2. The second kappa shape index (κ2) is 7.32. The Hall–Kier alpha value is -3.28. The third kappa shape index (κ3) is 3.55. The van der Waals surface area contributed by atoms with Gasteiger partial charge in [0.1, 0.15) is 11.4 Å². The minimum atomic E-state index is 0.159. The van der Waals surface area contributed by atoms with Crippen LogP contribution in [0, 0.1) is 0 Å². The van der Waals surface area contributed by atoms with Crippen LogP contribution >= 0.6 is 0 Å². The Morgan fingerprint density at radius 1 is 1.12 bits per heavy atom. The van der Waals surface area contributed by atoms with Crippen molar-refractivity contribution < 1.29 is 14.1 Å². The van der Waals surface area contributed by atoms with E-state index in [1.54, 1.807) is 7.11 Å². The summed E-state index contributed by atoms with van der Waals surface area (Å²) in [5, 5.41) is 7.87. The van der Waals surface area contributed by atoms with Crippen molar-refractivity contribution in [2.24, 2.45) is 10.9 Å². The molecule has 1 heterocycles. The summed E-state index contributed by atoms with van der Waals surface area (Å²) in [6, 6.07) is 18.8. The van der Waals surface area contributed by atoms with Crippen LogP contribution in [-0.4, -0.2) is 18.1 Å². The summed E-state index contributed by atoms with van der Waals surface area (Å²) in [6.45, 7) is 0.159. The zero-order chi connectivity index (χ0) is 16.8. The van der Waals surface area contributed by atoms with Crippen LogP contribution in [0.3, 0.4) is 0 Å². The van der Waals surface area contributed by atoms with Crippen molar-refractivity contribution in [3.05, 3.63) is 71.9 Å². The number of benzene rings is 2. The van der Waals surface area contributed by atoms with Gasteiger partial charge in [-0.3, -0.25) is 0 Å². The van der Waals surface area contributed by atoms with Crippen molar-refractivity contribution in [3.8, 4) is 17.1 Å². The fourth-order valence-electron chi connectivity index (χ4n) is 2.19. The van der Waals surface area contributed by atoms with Crippen LogP contribution in [0.5, 0.6) is 5.75 Å². The van der Waals surface area contributed by atoms with E-state index in [1.807, 2.05) is 60.7 Å². The Morgan fingerprint density at radius 3 is 2.67 bits per heavy atom. The smallest absolute Gasteiger partial charge is 0.174 e. The number of hydrogen-bond donors (Lipinski definition) is 1. The van der Waals surface area contributed by atoms with Gasteiger partial charge in [-0.15, -0.1) is 0 Å². The average molecular weight is 323 g/mol. The number of para-hydroxylation sites is 1. The van der Waals surface area contributed by atoms with Crippen molar-refractivity contribution in [1.82, 2.24) is 5.16 Å². The quantitative estimate of drug-likeness (QED) is 0.428. The molecule has 0 aliphatic heterocycles. The SMILES string of the molecule is COc1ccccc1C(N)=NOCc1cc(-c2ccccc2)on1. The highest BCUT2D eigenvalue weighted by Crippen LogP contribution is 2.20. The summed E-state index contributed by atoms with van der Waals surface area (Å²) < 4.78 is 10.5. The summed E-state index contributed by atoms with van der Waals surface area (Å²) in [6.07, 6.45) is 0. The molecule has 2 aromatic carbocycles. The topological polar surface area (TPSA) is 82.9 Å². The van der Waals surface area contributed by atoms with E-state index in [2.05, 4.69) is 10.3 Å². The van der Waals surface area contributed by atoms with Crippen LogP contribution in [0.15, 0.2) is 70.3 Å². The molecule has 3 rings (SSSR count). The number of nitrogens with zero attached hydrogens (tertiary/aromatic N) is 2. The van der Waals surface area contributed by atoms with E-state index < -0.39 is 0 Å². The normalized spacial score (nSPS) is 11.3. The molecule has 0 radical (unpaired) electrons. The number of rotatable bonds is 6. The molecule has 0 fully saturated rings. The van der Waals surface area contributed by atoms with Gasteiger partial charge in [0.15, 0.2) is 18.2 Å². The van der Waals surface area contributed by atoms with Gasteiger partial charge in [0.25, 0.3) is 0 Å². The molecule has 0 atom stereocenters. The van der Waals surface area contributed by atoms with Gasteiger partial charge in [-0.1, -0.05) is 52.8 Å². The molecule has 0 bridgehead atoms. The molecule has 0 saturated carbocycles. The summed E-state index contributed by atoms with van der Waals surface area (Å²) in [5.74, 6) is 1.55. The highest BCUT2D eigenvalue weighted by molar-refractivity contribution is 5.99. The first-order valence-corrected chi connectivity index (χ1v) is 7.38. The van der Waals surface area contributed by atoms with Gasteiger partial charge in [0.05, 0.1) is 12.7 Å². The van der Waals surface area contributed by atoms with Crippen LogP contribution in [0.25, 0.3) is 11.3 Å². The van der Waals surface area contributed by atoms with E-state index in [9.17, 15) is 0 Å². The molecule has 0 aliphatic carbocycles. The number of hydrogen-bond acceptors (Lipinski definition) is 5. The van der Waals surface area contributed by atoms with Crippen LogP contribution in [0.1, 0.15) is 11.3 Å². The molecule has 1 aromatic heterocycles. The van der Waals surface area contributed by atoms with Crippen LogP contribution < -0.4 is 10.5 Å². The fourth-order valence-corrected chi connectivity index (χ4v) is 2.19. The first kappa shape index (κ1) is 15.6. The van der Waals surface area contributed by atoms with Gasteiger partial charge < -0.3 is 19.8 Å². The van der Waals surface area contributed by atoms with Gasteiger partial charge >= 0.3 is 0 Å². The van der Waals surface area contributed by atoms with Gasteiger partial charge in [-0.25, -0.2) is 0 Å². The number of nitrogens with two attached hydrogens (primary N) is 1. The first-order valence-electron chi connectivity index (χ1n) is 7.38. The number of oxime groups is 1. The Morgan fingerprint density at radius 2 is 1.88 bits per heavy atom. The maximum absolute atomic E-state index is 5.93. The van der Waals surface area contributed by atoms with E-state index in [4.69, 9.17) is 19.8 Å². The Labute approximate surface area is 139 Å². The summed E-state index contributed by atoms with van der Waals surface area (Å²) in [7, 11) is 1.58. The summed E-state index contributed by atoms with van der Waals surface area (Å²) >= 11 is 0. The Bertz CT molecular complexity index is 828. The molecule has 0 saturated heterocycles. The van der Waals surface area contributed by atoms with E-state index in [1.165, 1.54) is 0 Å². The molecule has 122 valence electrons. The van der Waals surface area contributed by atoms with Crippen molar-refractivity contribution in [2.75, 3.05) is 7.11 Å². The predicted molar refractivity (Wildman–Crippen MR) is 90.4 cm³/mol. The summed E-state index contributed by atoms with van der Waals surface area (Å²) in [5.41, 5.74) is 8.19. The minimum absolute atomic E-state index is 0.159. The van der Waals surface area contributed by atoms with Gasteiger partial charge in [-0.05, 0) is 12.1 Å². The lowest BCUT2D eigenvalue weighted by Gasteiger charge is -2.06. The Kier molecular flexibility index (Phi) is 4.76. The third-order valence-corrected chi connectivity index (χ3v) is 3.38. The van der Waals surface area contributed by atoms with Crippen molar-refractivity contribution in [3.63, 3.8) is 0 Å². The van der Waals surface area contributed by atoms with Gasteiger partial charge in [0, 0.05) is 11.6 Å². The van der Waals surface area contributed by atoms with Crippen LogP contribution in [0.2, 0.25) is 0 Å². The van der Waals surface area contributed by atoms with E-state index in [0.29, 0.717) is 22.8 Å². The van der Waals surface area contributed by atoms with Crippen LogP contribution in [-0.2, 0) is 11.4 Å². The third-order valence-electron chi connectivity index (χ3n) is 3.38. The second-order valence-electron chi connectivity index (χ2n) is 5.00. The molecule has 0 spiro atoms.